The number of nitrogens with zero attached hydrogens (tertiary/aromatic N) is 3. The Morgan fingerprint density at radius 2 is 1.61 bits per heavy atom. The third-order valence-corrected chi connectivity index (χ3v) is 9.85. The summed E-state index contributed by atoms with van der Waals surface area (Å²) < 4.78 is 4.96. The maximum atomic E-state index is 13.9. The van der Waals surface area contributed by atoms with Crippen molar-refractivity contribution >= 4 is 58.5 Å². The molecule has 0 bridgehead atoms. The van der Waals surface area contributed by atoms with E-state index in [4.69, 9.17) is 32.9 Å². The molecule has 2 fully saturated rings. The van der Waals surface area contributed by atoms with Crippen LogP contribution < -0.4 is 5.32 Å². The first-order valence-corrected chi connectivity index (χ1v) is 17.4. The number of carboxylic acids is 1. The standard InChI is InChI=1S/C39H36Cl2N4O6/c40-30-18-17-27(22-31(30)41)29(23-34(46)45-20-21-51-39(45)50)36(38(48)49)43-35(26-12-5-2-6-13-26)28-14-7-8-15-32(28)42-37(47)33-16-9-19-44(33)24-25-10-3-1-4-11-25/h1-8,10-15,17-18,22,29,33,36H,9,16,19-21,23-24H2,(H,42,47)(H,48,49)/t29-,33+,36+/m1/s1. The zero-order valence-electron chi connectivity index (χ0n) is 27.6. The first-order valence-electron chi connectivity index (χ1n) is 16.7. The van der Waals surface area contributed by atoms with Crippen LogP contribution >= 0.6 is 23.2 Å². The first kappa shape index (κ1) is 35.8. The molecule has 10 nitrogen and oxygen atoms in total. The molecule has 2 aliphatic rings. The number of carbonyl (C=O) groups is 4. The molecule has 0 radical (unpaired) electrons. The van der Waals surface area contributed by atoms with Crippen LogP contribution in [0, 0.1) is 0 Å². The molecule has 0 spiro atoms. The van der Waals surface area contributed by atoms with Gasteiger partial charge < -0.3 is 15.2 Å². The first-order chi connectivity index (χ1) is 24.7. The van der Waals surface area contributed by atoms with Gasteiger partial charge in [0.25, 0.3) is 0 Å². The SMILES string of the molecule is O=C(O)[C@@H](N=C(c1ccccc1)c1ccccc1NC(=O)[C@@H]1CCCN1Cc1ccccc1)[C@H](CC(=O)N1CCOC1=O)c1ccc(Cl)c(Cl)c1. The molecule has 2 saturated heterocycles. The number of hydrogen-bond acceptors (Lipinski definition) is 7. The summed E-state index contributed by atoms with van der Waals surface area (Å²) in [6.07, 6.45) is 0.411. The Morgan fingerprint density at radius 3 is 2.29 bits per heavy atom. The molecule has 12 heteroatoms. The third kappa shape index (κ3) is 8.48. The minimum Gasteiger partial charge on any atom is -0.480 e. The molecule has 4 aromatic carbocycles. The number of aliphatic imine (C=N–C) groups is 1. The van der Waals surface area contributed by atoms with E-state index in [-0.39, 0.29) is 41.6 Å². The molecule has 3 atom stereocenters. The molecule has 0 saturated carbocycles. The van der Waals surface area contributed by atoms with Crippen LogP contribution in [0.4, 0.5) is 10.5 Å². The van der Waals surface area contributed by atoms with E-state index in [1.165, 1.54) is 12.1 Å². The number of cyclic esters (lactones) is 1. The van der Waals surface area contributed by atoms with Crippen molar-refractivity contribution in [1.82, 2.24) is 9.80 Å². The fourth-order valence-corrected chi connectivity index (χ4v) is 6.88. The lowest BCUT2D eigenvalue weighted by Crippen LogP contribution is -2.39. The van der Waals surface area contributed by atoms with E-state index in [1.807, 2.05) is 36.4 Å². The minimum absolute atomic E-state index is 0.0497. The van der Waals surface area contributed by atoms with E-state index in [9.17, 15) is 24.3 Å². The number of halogens is 2. The smallest absolute Gasteiger partial charge is 0.416 e. The molecule has 2 heterocycles. The molecule has 6 rings (SSSR count). The van der Waals surface area contributed by atoms with Crippen LogP contribution in [-0.4, -0.2) is 76.3 Å². The number of likely N-dealkylation sites (tertiary alicyclic amines) is 1. The third-order valence-electron chi connectivity index (χ3n) is 9.11. The summed E-state index contributed by atoms with van der Waals surface area (Å²) in [4.78, 5) is 60.8. The van der Waals surface area contributed by atoms with Gasteiger partial charge in [0, 0.05) is 30.0 Å². The lowest BCUT2D eigenvalue weighted by Gasteiger charge is -2.26. The van der Waals surface area contributed by atoms with Gasteiger partial charge in [-0.1, -0.05) is 108 Å². The molecule has 0 aromatic heterocycles. The van der Waals surface area contributed by atoms with Gasteiger partial charge in [-0.2, -0.15) is 0 Å². The lowest BCUT2D eigenvalue weighted by molar-refractivity contribution is -0.139. The summed E-state index contributed by atoms with van der Waals surface area (Å²) >= 11 is 12.6. The maximum absolute atomic E-state index is 13.9. The fraction of sp³-hybridized carbons (Fsp3) is 0.256. The highest BCUT2D eigenvalue weighted by Crippen LogP contribution is 2.34. The molecular weight excluding hydrogens is 691 g/mol. The van der Waals surface area contributed by atoms with Gasteiger partial charge in [0.1, 0.15) is 6.61 Å². The molecule has 51 heavy (non-hydrogen) atoms. The van der Waals surface area contributed by atoms with Crippen molar-refractivity contribution in [2.45, 2.75) is 43.8 Å². The Hall–Kier alpha value is -5.03. The highest BCUT2D eigenvalue weighted by Gasteiger charge is 2.37. The molecule has 4 aromatic rings. The monoisotopic (exact) mass is 726 g/mol. The highest BCUT2D eigenvalue weighted by molar-refractivity contribution is 6.42. The molecule has 0 aliphatic carbocycles. The summed E-state index contributed by atoms with van der Waals surface area (Å²) in [6.45, 7) is 1.53. The van der Waals surface area contributed by atoms with Crippen LogP contribution in [-0.2, 0) is 25.7 Å². The van der Waals surface area contributed by atoms with E-state index in [0.29, 0.717) is 41.1 Å². The van der Waals surface area contributed by atoms with Crippen molar-refractivity contribution in [2.75, 3.05) is 25.0 Å². The Balaban J connectivity index is 1.39. The number of carbonyl (C=O) groups excluding carboxylic acids is 3. The van der Waals surface area contributed by atoms with Gasteiger partial charge in [-0.3, -0.25) is 19.5 Å². The van der Waals surface area contributed by atoms with E-state index < -0.39 is 29.9 Å². The van der Waals surface area contributed by atoms with Crippen molar-refractivity contribution in [3.63, 3.8) is 0 Å². The number of rotatable bonds is 12. The van der Waals surface area contributed by atoms with Gasteiger partial charge >= 0.3 is 12.1 Å². The van der Waals surface area contributed by atoms with Crippen molar-refractivity contribution in [1.29, 1.82) is 0 Å². The second-order valence-electron chi connectivity index (χ2n) is 12.4. The van der Waals surface area contributed by atoms with Gasteiger partial charge in [-0.25, -0.2) is 14.5 Å². The second-order valence-corrected chi connectivity index (χ2v) is 13.2. The number of benzene rings is 4. The summed E-state index contributed by atoms with van der Waals surface area (Å²) in [7, 11) is 0. The zero-order chi connectivity index (χ0) is 35.9. The minimum atomic E-state index is -1.53. The number of amides is 3. The lowest BCUT2D eigenvalue weighted by atomic mass is 9.87. The molecule has 3 amide bonds. The highest BCUT2D eigenvalue weighted by atomic mass is 35.5. The average molecular weight is 728 g/mol. The predicted molar refractivity (Wildman–Crippen MR) is 195 cm³/mol. The van der Waals surface area contributed by atoms with Crippen LogP contribution in [0.15, 0.2) is 108 Å². The summed E-state index contributed by atoms with van der Waals surface area (Å²) in [5, 5.41) is 14.3. The number of anilines is 1. The van der Waals surface area contributed by atoms with Crippen molar-refractivity contribution < 1.29 is 29.0 Å². The number of imide groups is 1. The number of nitrogens with one attached hydrogen (secondary N) is 1. The van der Waals surface area contributed by atoms with Gasteiger partial charge in [0.15, 0.2) is 6.04 Å². The van der Waals surface area contributed by atoms with Gasteiger partial charge in [-0.15, -0.1) is 0 Å². The molecular formula is C39H36Cl2N4O6. The van der Waals surface area contributed by atoms with Gasteiger partial charge in [-0.05, 0) is 48.7 Å². The van der Waals surface area contributed by atoms with Crippen LogP contribution in [0.1, 0.15) is 47.4 Å². The van der Waals surface area contributed by atoms with Crippen LogP contribution in [0.25, 0.3) is 0 Å². The molecule has 2 N–H and O–H groups in total. The predicted octanol–water partition coefficient (Wildman–Crippen LogP) is 7.04. The van der Waals surface area contributed by atoms with Crippen molar-refractivity contribution in [3.8, 4) is 0 Å². The maximum Gasteiger partial charge on any atom is 0.416 e. The van der Waals surface area contributed by atoms with Crippen LogP contribution in [0.2, 0.25) is 10.0 Å². The summed E-state index contributed by atoms with van der Waals surface area (Å²) in [5.74, 6) is -3.15. The normalized spacial score (nSPS) is 17.5. The van der Waals surface area contributed by atoms with E-state index in [1.54, 1.807) is 54.6 Å². The number of para-hydroxylation sites is 1. The largest absolute Gasteiger partial charge is 0.480 e. The van der Waals surface area contributed by atoms with Crippen LogP contribution in [0.3, 0.4) is 0 Å². The molecule has 2 aliphatic heterocycles. The van der Waals surface area contributed by atoms with E-state index >= 15 is 0 Å². The number of carboxylic acid groups (broad SMARTS) is 1. The quantitative estimate of drug-likeness (QED) is 0.150. The topological polar surface area (TPSA) is 129 Å². The number of ether oxygens (including phenoxy) is 1. The second kappa shape index (κ2) is 16.3. The molecule has 0 unspecified atom stereocenters. The Bertz CT molecular complexity index is 1940. The fourth-order valence-electron chi connectivity index (χ4n) is 6.57. The number of aliphatic carboxylic acids is 1. The Morgan fingerprint density at radius 1 is 0.902 bits per heavy atom. The summed E-state index contributed by atoms with van der Waals surface area (Å²) in [5.41, 5.74) is 3.37. The Kier molecular flexibility index (Phi) is 11.5. The summed E-state index contributed by atoms with van der Waals surface area (Å²) in [6, 6.07) is 28.9. The molecule has 262 valence electrons. The van der Waals surface area contributed by atoms with Gasteiger partial charge in [0.05, 0.1) is 34.0 Å². The van der Waals surface area contributed by atoms with Crippen LogP contribution in [0.5, 0.6) is 0 Å². The zero-order valence-corrected chi connectivity index (χ0v) is 29.1. The van der Waals surface area contributed by atoms with E-state index in [2.05, 4.69) is 10.2 Å². The van der Waals surface area contributed by atoms with Gasteiger partial charge in [0.2, 0.25) is 11.8 Å². The van der Waals surface area contributed by atoms with Crippen molar-refractivity contribution in [3.05, 3.63) is 135 Å². The Labute approximate surface area is 305 Å². The number of hydrogen-bond donors (Lipinski definition) is 2. The van der Waals surface area contributed by atoms with Crippen molar-refractivity contribution in [2.24, 2.45) is 4.99 Å². The average Bonchev–Trinajstić information content (AvgIpc) is 3.79. The van der Waals surface area contributed by atoms with E-state index in [0.717, 1.165) is 23.4 Å².